The van der Waals surface area contributed by atoms with Crippen LogP contribution in [-0.2, 0) is 0 Å². The molecule has 0 aliphatic carbocycles. The second kappa shape index (κ2) is 3.68. The Labute approximate surface area is 66.6 Å². The first kappa shape index (κ1) is 8.71. The number of hydrogen-bond donors (Lipinski definition) is 0. The molecule has 0 aromatic heterocycles. The molecule has 0 aliphatic rings. The van der Waals surface area contributed by atoms with Gasteiger partial charge in [0, 0.05) is 8.07 Å². The highest BCUT2D eigenvalue weighted by atomic mass is 127. The Morgan fingerprint density at radius 3 is 1.86 bits per heavy atom. The van der Waals surface area contributed by atoms with E-state index in [0.29, 0.717) is 16.5 Å². The van der Waals surface area contributed by atoms with Gasteiger partial charge in [0.05, 0.1) is 0 Å². The van der Waals surface area contributed by atoms with Crippen LogP contribution in [0.4, 0.5) is 0 Å². The number of rotatable bonds is 2. The second-order valence-corrected chi connectivity index (χ2v) is 13.7. The van der Waals surface area contributed by atoms with E-state index in [0.717, 1.165) is 0 Å². The van der Waals surface area contributed by atoms with Gasteiger partial charge in [-0.05, 0) is 0 Å². The summed E-state index contributed by atoms with van der Waals surface area (Å²) in [4.78, 5) is 0. The molecule has 40 valence electrons. The molecular formula is C4H11IMgSi. The first-order valence-corrected chi connectivity index (χ1v) is 12.4. The Balaban J connectivity index is 3.15. The minimum Gasteiger partial charge on any atom is -0.301 e. The van der Waals surface area contributed by atoms with Crippen molar-refractivity contribution >= 4 is 43.4 Å². The molecule has 0 unspecified atom stereocenters. The fraction of sp³-hybridized carbons (Fsp3) is 1.00. The van der Waals surface area contributed by atoms with E-state index >= 15 is 0 Å². The number of hydrogen-bond acceptors (Lipinski definition) is 0. The molecule has 0 saturated carbocycles. The van der Waals surface area contributed by atoms with Gasteiger partial charge in [-0.25, -0.2) is 0 Å². The molecular weight excluding hydrogens is 227 g/mol. The third-order valence-electron chi connectivity index (χ3n) is 0.844. The summed E-state index contributed by atoms with van der Waals surface area (Å²) in [6.45, 7) is 7.33. The molecule has 0 fully saturated rings. The van der Waals surface area contributed by atoms with E-state index in [1.165, 1.54) is 0 Å². The van der Waals surface area contributed by atoms with Gasteiger partial charge in [0.1, 0.15) is 0 Å². The van der Waals surface area contributed by atoms with Crippen molar-refractivity contribution < 1.29 is 0 Å². The maximum absolute atomic E-state index is 2.59. The second-order valence-electron chi connectivity index (χ2n) is 3.00. The number of halogens is 1. The summed E-state index contributed by atoms with van der Waals surface area (Å²) in [6.07, 6.45) is 0. The molecule has 0 aromatic rings. The maximum Gasteiger partial charge on any atom is 0.461 e. The van der Waals surface area contributed by atoms with Crippen LogP contribution in [0.25, 0.3) is 0 Å². The van der Waals surface area contributed by atoms with Crippen LogP contribution < -0.4 is 0 Å². The van der Waals surface area contributed by atoms with Gasteiger partial charge in [-0.1, -0.05) is 19.6 Å². The zero-order valence-electron chi connectivity index (χ0n) is 5.29. The predicted molar refractivity (Wildman–Crippen MR) is 47.9 cm³/mol. The molecule has 0 spiro atoms. The van der Waals surface area contributed by atoms with Crippen LogP contribution in [0.3, 0.4) is 0 Å². The molecule has 0 aliphatic heterocycles. The van der Waals surface area contributed by atoms with Crippen LogP contribution in [-0.4, -0.2) is 24.6 Å². The maximum atomic E-state index is 2.59. The monoisotopic (exact) mass is 238 g/mol. The molecule has 0 heterocycles. The van der Waals surface area contributed by atoms with Gasteiger partial charge in [0.15, 0.2) is 0 Å². The summed E-state index contributed by atoms with van der Waals surface area (Å²) in [5.41, 5.74) is 0. The largest absolute Gasteiger partial charge is 0.461 e. The summed E-state index contributed by atoms with van der Waals surface area (Å²) in [7, 11) is -0.603. The lowest BCUT2D eigenvalue weighted by Crippen LogP contribution is -2.20. The fourth-order valence-corrected chi connectivity index (χ4v) is 17.1. The molecule has 0 rings (SSSR count). The van der Waals surface area contributed by atoms with Crippen molar-refractivity contribution in [1.82, 2.24) is 0 Å². The van der Waals surface area contributed by atoms with Gasteiger partial charge in [-0.2, -0.15) is 0 Å². The summed E-state index contributed by atoms with van der Waals surface area (Å²) in [5, 5.41) is 0. The van der Waals surface area contributed by atoms with Crippen molar-refractivity contribution in [1.29, 1.82) is 0 Å². The van der Waals surface area contributed by atoms with Crippen molar-refractivity contribution in [3.8, 4) is 0 Å². The first-order valence-electron chi connectivity index (χ1n) is 2.62. The van der Waals surface area contributed by atoms with Gasteiger partial charge < -0.3 is 18.9 Å². The normalized spacial score (nSPS) is 10.9. The summed E-state index contributed by atoms with van der Waals surface area (Å²) < 4.78 is 1.60. The standard InChI is InChI=1S/C4H11Si.HI.Mg/c1-5(2,3)4;;/h1H2,2-4H3;1H;/q;;+1/p-1. The fourth-order valence-electron chi connectivity index (χ4n) is 0.283. The smallest absolute Gasteiger partial charge is 0.301 e. The molecule has 0 aromatic carbocycles. The van der Waals surface area contributed by atoms with Crippen LogP contribution in [0.15, 0.2) is 0 Å². The third kappa shape index (κ3) is 7.71. The van der Waals surface area contributed by atoms with Crippen molar-refractivity contribution in [2.75, 3.05) is 0 Å². The van der Waals surface area contributed by atoms with E-state index in [-0.39, 0.29) is 0 Å². The zero-order chi connectivity index (χ0) is 5.91. The van der Waals surface area contributed by atoms with Crippen LogP contribution >= 0.6 is 18.9 Å². The van der Waals surface area contributed by atoms with Crippen molar-refractivity contribution in [3.05, 3.63) is 0 Å². The molecule has 0 amide bonds. The molecule has 0 saturated heterocycles. The quantitative estimate of drug-likeness (QED) is 0.512. The molecule has 0 N–H and O–H groups in total. The third-order valence-corrected chi connectivity index (χ3v) is 12.5. The van der Waals surface area contributed by atoms with E-state index in [1.54, 1.807) is 4.17 Å². The lowest BCUT2D eigenvalue weighted by atomic mass is 11.7. The van der Waals surface area contributed by atoms with Crippen LogP contribution in [0.5, 0.6) is 0 Å². The summed E-state index contributed by atoms with van der Waals surface area (Å²) in [5.74, 6) is 0. The van der Waals surface area contributed by atoms with E-state index in [2.05, 4.69) is 38.5 Å². The Kier molecular flexibility index (Phi) is 4.59. The van der Waals surface area contributed by atoms with Crippen molar-refractivity contribution in [2.45, 2.75) is 23.8 Å². The molecule has 3 heteroatoms. The minimum atomic E-state index is -0.603. The highest BCUT2D eigenvalue weighted by Gasteiger charge is 2.11. The molecule has 0 bridgehead atoms. The van der Waals surface area contributed by atoms with Gasteiger partial charge in [0.2, 0.25) is 0 Å². The van der Waals surface area contributed by atoms with Crippen LogP contribution in [0.2, 0.25) is 23.8 Å². The Morgan fingerprint density at radius 2 is 1.86 bits per heavy atom. The highest BCUT2D eigenvalue weighted by molar-refractivity contribution is 14.1. The van der Waals surface area contributed by atoms with E-state index in [1.807, 2.05) is 0 Å². The van der Waals surface area contributed by atoms with E-state index < -0.39 is 8.07 Å². The first-order chi connectivity index (χ1) is 3.06. The zero-order valence-corrected chi connectivity index (χ0v) is 9.86. The Bertz CT molecular complexity index is 50.1. The topological polar surface area (TPSA) is 0 Å². The summed E-state index contributed by atoms with van der Waals surface area (Å²) in [6, 6.07) is 0. The van der Waals surface area contributed by atoms with E-state index in [9.17, 15) is 0 Å². The van der Waals surface area contributed by atoms with Crippen molar-refractivity contribution in [2.24, 2.45) is 0 Å². The average Bonchev–Trinajstić information content (AvgIpc) is 1.30. The van der Waals surface area contributed by atoms with Gasteiger partial charge in [0.25, 0.3) is 0 Å². The van der Waals surface area contributed by atoms with Gasteiger partial charge >= 0.3 is 16.5 Å². The molecule has 0 atom stereocenters. The molecule has 7 heavy (non-hydrogen) atoms. The minimum absolute atomic E-state index is 0.342. The Hall–Kier alpha value is 1.71. The average molecular weight is 238 g/mol. The lowest BCUT2D eigenvalue weighted by molar-refractivity contribution is 1.65. The Morgan fingerprint density at radius 1 is 1.43 bits per heavy atom. The van der Waals surface area contributed by atoms with Gasteiger partial charge in [-0.15, -0.1) is 4.17 Å². The van der Waals surface area contributed by atoms with E-state index in [4.69, 9.17) is 0 Å². The van der Waals surface area contributed by atoms with Crippen LogP contribution in [0.1, 0.15) is 0 Å². The van der Waals surface area contributed by atoms with Crippen LogP contribution in [0, 0.1) is 0 Å². The van der Waals surface area contributed by atoms with Crippen molar-refractivity contribution in [3.63, 3.8) is 0 Å². The lowest BCUT2D eigenvalue weighted by Gasteiger charge is -2.12. The SMILES string of the molecule is C[Si](C)(C)[CH2][Mg][I]. The summed E-state index contributed by atoms with van der Waals surface area (Å²) >= 11 is 2.93. The predicted octanol–water partition coefficient (Wildman–Crippen LogP) is 2.34. The highest BCUT2D eigenvalue weighted by Crippen LogP contribution is 2.07. The molecule has 0 nitrogen and oxygen atoms in total. The molecule has 0 radical (unpaired) electrons. The van der Waals surface area contributed by atoms with Gasteiger partial charge in [-0.3, -0.25) is 0 Å².